The number of hydrogen-bond acceptors (Lipinski definition) is 5. The first kappa shape index (κ1) is 25.8. The molecule has 2 aliphatic rings. The van der Waals surface area contributed by atoms with Gasteiger partial charge in [-0.15, -0.1) is 0 Å². The summed E-state index contributed by atoms with van der Waals surface area (Å²) in [5.41, 5.74) is -2.58. The number of carbonyl (C=O) groups excluding carboxylic acids is 4. The number of ether oxygens (including phenoxy) is 1. The molecule has 2 N–H and O–H groups in total. The van der Waals surface area contributed by atoms with Crippen LogP contribution in [-0.4, -0.2) is 47.4 Å². The van der Waals surface area contributed by atoms with Gasteiger partial charge in [-0.25, -0.2) is 4.79 Å². The van der Waals surface area contributed by atoms with Crippen LogP contribution in [0.3, 0.4) is 0 Å². The predicted octanol–water partition coefficient (Wildman–Crippen LogP) is 3.98. The monoisotopic (exact) mass is 503 g/mol. The molecule has 0 bridgehead atoms. The molecule has 8 nitrogen and oxygen atoms in total. The summed E-state index contributed by atoms with van der Waals surface area (Å²) >= 11 is 5.54. The van der Waals surface area contributed by atoms with E-state index in [1.54, 1.807) is 0 Å². The molecule has 34 heavy (non-hydrogen) atoms. The van der Waals surface area contributed by atoms with Gasteiger partial charge in [-0.3, -0.25) is 19.3 Å². The molecule has 1 aliphatic carbocycles. The zero-order chi connectivity index (χ0) is 25.5. The fourth-order valence-corrected chi connectivity index (χ4v) is 5.21. The molecule has 1 heterocycles. The molecule has 2 fully saturated rings. The van der Waals surface area contributed by atoms with Crippen molar-refractivity contribution in [2.24, 2.45) is 11.3 Å². The van der Waals surface area contributed by atoms with Gasteiger partial charge < -0.3 is 15.4 Å². The van der Waals surface area contributed by atoms with E-state index in [2.05, 4.69) is 10.6 Å². The molecule has 1 aromatic carbocycles. The molecule has 4 amide bonds. The Morgan fingerprint density at radius 2 is 1.94 bits per heavy atom. The number of imide groups is 1. The van der Waals surface area contributed by atoms with E-state index in [-0.39, 0.29) is 17.0 Å². The molecular weight excluding hydrogens is 479 g/mol. The van der Waals surface area contributed by atoms with Gasteiger partial charge >= 0.3 is 18.2 Å². The summed E-state index contributed by atoms with van der Waals surface area (Å²) < 4.78 is 43.6. The number of alkyl halides is 3. The number of nitrogens with one attached hydrogen (secondary N) is 2. The van der Waals surface area contributed by atoms with Gasteiger partial charge in [0.2, 0.25) is 0 Å². The van der Waals surface area contributed by atoms with Crippen molar-refractivity contribution >= 4 is 41.1 Å². The highest BCUT2D eigenvalue weighted by molar-refractivity contribution is 6.31. The van der Waals surface area contributed by atoms with Crippen LogP contribution in [0.1, 0.15) is 45.6 Å². The van der Waals surface area contributed by atoms with Crippen LogP contribution in [0.4, 0.5) is 23.7 Å². The number of esters is 1. The van der Waals surface area contributed by atoms with E-state index in [1.165, 1.54) is 0 Å². The number of halogens is 4. The van der Waals surface area contributed by atoms with E-state index in [1.807, 2.05) is 20.8 Å². The number of carbonyl (C=O) groups is 4. The lowest BCUT2D eigenvalue weighted by molar-refractivity contribution is -0.150. The Labute approximate surface area is 199 Å². The van der Waals surface area contributed by atoms with Gasteiger partial charge in [-0.2, -0.15) is 13.2 Å². The number of urea groups is 1. The van der Waals surface area contributed by atoms with Gasteiger partial charge in [0.1, 0.15) is 12.1 Å². The Morgan fingerprint density at radius 3 is 2.56 bits per heavy atom. The third kappa shape index (κ3) is 5.63. The fourth-order valence-electron chi connectivity index (χ4n) is 4.99. The first-order chi connectivity index (χ1) is 15.6. The van der Waals surface area contributed by atoms with Gasteiger partial charge in [0, 0.05) is 5.69 Å². The standard InChI is InChI=1S/C22H25ClF3N3O5/c1-12-7-20(2,3)11-21(8-12)18(32)29(19(33)28-21)9-17(31)34-10-16(30)27-13-4-5-15(23)14(6-13)22(24,25)26/h4-6,12H,7-11H2,1-3H3,(H,27,30)(H,28,33)/t12-,21-/m1/s1. The molecule has 1 aromatic rings. The quantitative estimate of drug-likeness (QED) is 0.467. The van der Waals surface area contributed by atoms with Crippen LogP contribution in [0.15, 0.2) is 18.2 Å². The average molecular weight is 504 g/mol. The van der Waals surface area contributed by atoms with Crippen LogP contribution in [0.25, 0.3) is 0 Å². The summed E-state index contributed by atoms with van der Waals surface area (Å²) in [7, 11) is 0. The SMILES string of the molecule is C[C@@H]1CC(C)(C)C[C@@]2(C1)NC(=O)N(CC(=O)OCC(=O)Nc1ccc(Cl)c(C(F)(F)F)c1)C2=O. The summed E-state index contributed by atoms with van der Waals surface area (Å²) in [5, 5.41) is 4.37. The van der Waals surface area contributed by atoms with Crippen molar-refractivity contribution in [3.63, 3.8) is 0 Å². The van der Waals surface area contributed by atoms with Crippen molar-refractivity contribution < 1.29 is 37.1 Å². The van der Waals surface area contributed by atoms with Crippen molar-refractivity contribution in [1.82, 2.24) is 10.2 Å². The van der Waals surface area contributed by atoms with Crippen LogP contribution in [0, 0.1) is 11.3 Å². The largest absolute Gasteiger partial charge is 0.454 e. The summed E-state index contributed by atoms with van der Waals surface area (Å²) in [6.07, 6.45) is -2.93. The average Bonchev–Trinajstić information content (AvgIpc) is 2.88. The number of anilines is 1. The molecule has 12 heteroatoms. The van der Waals surface area contributed by atoms with Gasteiger partial charge in [0.15, 0.2) is 6.61 Å². The van der Waals surface area contributed by atoms with E-state index >= 15 is 0 Å². The zero-order valence-corrected chi connectivity index (χ0v) is 19.6. The minimum Gasteiger partial charge on any atom is -0.454 e. The maximum absolute atomic E-state index is 13.0. The van der Waals surface area contributed by atoms with Gasteiger partial charge in [0.25, 0.3) is 11.8 Å². The first-order valence-electron chi connectivity index (χ1n) is 10.6. The number of nitrogens with zero attached hydrogens (tertiary/aromatic N) is 1. The van der Waals surface area contributed by atoms with Crippen molar-refractivity contribution in [2.75, 3.05) is 18.5 Å². The molecule has 2 atom stereocenters. The van der Waals surface area contributed by atoms with Crippen LogP contribution >= 0.6 is 11.6 Å². The fraction of sp³-hybridized carbons (Fsp3) is 0.545. The second kappa shape index (κ2) is 9.09. The van der Waals surface area contributed by atoms with Crippen LogP contribution in [-0.2, 0) is 25.3 Å². The normalized spacial score (nSPS) is 24.2. The maximum Gasteiger partial charge on any atom is 0.417 e. The van der Waals surface area contributed by atoms with Crippen molar-refractivity contribution in [2.45, 2.75) is 51.7 Å². The van der Waals surface area contributed by atoms with Gasteiger partial charge in [-0.1, -0.05) is 32.4 Å². The molecule has 1 saturated heterocycles. The second-order valence-electron chi connectivity index (χ2n) is 9.66. The van der Waals surface area contributed by atoms with Gasteiger partial charge in [0.05, 0.1) is 10.6 Å². The van der Waals surface area contributed by atoms with Crippen LogP contribution < -0.4 is 10.6 Å². The summed E-state index contributed by atoms with van der Waals surface area (Å²) in [6, 6.07) is 2.09. The number of rotatable bonds is 5. The molecule has 0 aromatic heterocycles. The Hall–Kier alpha value is -2.82. The van der Waals surface area contributed by atoms with Crippen molar-refractivity contribution in [3.05, 3.63) is 28.8 Å². The highest BCUT2D eigenvalue weighted by Crippen LogP contribution is 2.46. The third-order valence-corrected chi connectivity index (χ3v) is 6.16. The Morgan fingerprint density at radius 1 is 1.26 bits per heavy atom. The minimum absolute atomic E-state index is 0.178. The summed E-state index contributed by atoms with van der Waals surface area (Å²) in [5.74, 6) is -2.24. The van der Waals surface area contributed by atoms with Crippen molar-refractivity contribution in [1.29, 1.82) is 0 Å². The number of amides is 4. The van der Waals surface area contributed by atoms with E-state index in [4.69, 9.17) is 16.3 Å². The Balaban J connectivity index is 1.57. The number of benzene rings is 1. The lowest BCUT2D eigenvalue weighted by atomic mass is 9.64. The van der Waals surface area contributed by atoms with Gasteiger partial charge in [-0.05, 0) is 48.8 Å². The molecule has 1 saturated carbocycles. The maximum atomic E-state index is 13.0. The summed E-state index contributed by atoms with van der Waals surface area (Å²) in [6.45, 7) is 4.51. The summed E-state index contributed by atoms with van der Waals surface area (Å²) in [4.78, 5) is 50.5. The highest BCUT2D eigenvalue weighted by Gasteiger charge is 2.56. The molecular formula is C22H25ClF3N3O5. The molecule has 186 valence electrons. The van der Waals surface area contributed by atoms with Crippen LogP contribution in [0.5, 0.6) is 0 Å². The first-order valence-corrected chi connectivity index (χ1v) is 11.0. The topological polar surface area (TPSA) is 105 Å². The highest BCUT2D eigenvalue weighted by atomic mass is 35.5. The van der Waals surface area contributed by atoms with E-state index in [9.17, 15) is 32.3 Å². The third-order valence-electron chi connectivity index (χ3n) is 5.83. The van der Waals surface area contributed by atoms with Crippen molar-refractivity contribution in [3.8, 4) is 0 Å². The second-order valence-corrected chi connectivity index (χ2v) is 10.1. The molecule has 3 rings (SSSR count). The molecule has 0 unspecified atom stereocenters. The van der Waals surface area contributed by atoms with Crippen LogP contribution in [0.2, 0.25) is 5.02 Å². The molecule has 0 radical (unpaired) electrons. The zero-order valence-electron chi connectivity index (χ0n) is 18.8. The smallest absolute Gasteiger partial charge is 0.417 e. The number of hydrogen-bond donors (Lipinski definition) is 2. The van der Waals surface area contributed by atoms with E-state index in [0.29, 0.717) is 18.9 Å². The molecule has 1 aliphatic heterocycles. The lowest BCUT2D eigenvalue weighted by Crippen LogP contribution is -2.54. The Bertz CT molecular complexity index is 1030. The van der Waals surface area contributed by atoms with E-state index in [0.717, 1.165) is 23.5 Å². The molecule has 1 spiro atoms. The lowest BCUT2D eigenvalue weighted by Gasteiger charge is -2.43. The minimum atomic E-state index is -4.71. The predicted molar refractivity (Wildman–Crippen MR) is 116 cm³/mol. The van der Waals surface area contributed by atoms with E-state index < -0.39 is 59.3 Å². The Kier molecular flexibility index (Phi) is 6.89.